The first-order valence-corrected chi connectivity index (χ1v) is 7.18. The SMILES string of the molecule is CC(C)c1nn(C)c(N(C)CC2(O)CCOCC2)c1N. The number of ether oxygens (including phenoxy) is 1. The molecule has 6 nitrogen and oxygen atoms in total. The van der Waals surface area contributed by atoms with E-state index in [0.29, 0.717) is 38.3 Å². The summed E-state index contributed by atoms with van der Waals surface area (Å²) in [6, 6.07) is 0. The lowest BCUT2D eigenvalue weighted by molar-refractivity contribution is -0.0573. The van der Waals surface area contributed by atoms with E-state index in [2.05, 4.69) is 18.9 Å². The number of hydrogen-bond donors (Lipinski definition) is 2. The molecule has 0 radical (unpaired) electrons. The molecule has 2 heterocycles. The number of likely N-dealkylation sites (N-methyl/N-ethyl adjacent to an activating group) is 1. The maximum atomic E-state index is 10.6. The zero-order valence-electron chi connectivity index (χ0n) is 12.9. The fourth-order valence-corrected chi connectivity index (χ4v) is 2.86. The van der Waals surface area contributed by atoms with Crippen molar-refractivity contribution in [1.29, 1.82) is 0 Å². The van der Waals surface area contributed by atoms with Crippen LogP contribution in [0.2, 0.25) is 0 Å². The zero-order valence-corrected chi connectivity index (χ0v) is 12.9. The highest BCUT2D eigenvalue weighted by molar-refractivity contribution is 5.67. The van der Waals surface area contributed by atoms with Crippen LogP contribution in [0.15, 0.2) is 0 Å². The first-order chi connectivity index (χ1) is 9.34. The van der Waals surface area contributed by atoms with E-state index in [1.165, 1.54) is 0 Å². The molecule has 1 aromatic heterocycles. The molecule has 1 aliphatic heterocycles. The van der Waals surface area contributed by atoms with Crippen LogP contribution in [-0.4, -0.2) is 47.3 Å². The minimum atomic E-state index is -0.707. The molecule has 0 atom stereocenters. The lowest BCUT2D eigenvalue weighted by Crippen LogP contribution is -2.46. The van der Waals surface area contributed by atoms with Crippen molar-refractivity contribution < 1.29 is 9.84 Å². The Labute approximate surface area is 120 Å². The Kier molecular flexibility index (Phi) is 4.25. The minimum Gasteiger partial charge on any atom is -0.394 e. The van der Waals surface area contributed by atoms with Crippen molar-refractivity contribution >= 4 is 11.5 Å². The molecule has 1 fully saturated rings. The number of aromatic nitrogens is 2. The van der Waals surface area contributed by atoms with E-state index in [9.17, 15) is 5.11 Å². The highest BCUT2D eigenvalue weighted by Gasteiger charge is 2.32. The predicted molar refractivity (Wildman–Crippen MR) is 80.0 cm³/mol. The molecule has 0 aliphatic carbocycles. The molecule has 1 aromatic rings. The van der Waals surface area contributed by atoms with E-state index in [0.717, 1.165) is 11.5 Å². The smallest absolute Gasteiger partial charge is 0.150 e. The number of nitrogens with two attached hydrogens (primary N) is 1. The molecule has 0 unspecified atom stereocenters. The van der Waals surface area contributed by atoms with Crippen LogP contribution in [0.1, 0.15) is 38.3 Å². The Morgan fingerprint density at radius 2 is 2.05 bits per heavy atom. The highest BCUT2D eigenvalue weighted by atomic mass is 16.5. The summed E-state index contributed by atoms with van der Waals surface area (Å²) in [5, 5.41) is 15.1. The summed E-state index contributed by atoms with van der Waals surface area (Å²) in [6.45, 7) is 5.92. The van der Waals surface area contributed by atoms with Gasteiger partial charge in [0, 0.05) is 46.7 Å². The second-order valence-corrected chi connectivity index (χ2v) is 6.09. The van der Waals surface area contributed by atoms with Crippen molar-refractivity contribution in [2.45, 2.75) is 38.2 Å². The van der Waals surface area contributed by atoms with E-state index >= 15 is 0 Å². The molecule has 114 valence electrons. The lowest BCUT2D eigenvalue weighted by atomic mass is 9.94. The number of nitrogen functional groups attached to an aromatic ring is 1. The Bertz CT molecular complexity index is 464. The number of hydrogen-bond acceptors (Lipinski definition) is 5. The van der Waals surface area contributed by atoms with Crippen LogP contribution < -0.4 is 10.6 Å². The van der Waals surface area contributed by atoms with Gasteiger partial charge < -0.3 is 20.5 Å². The summed E-state index contributed by atoms with van der Waals surface area (Å²) in [5.74, 6) is 1.16. The van der Waals surface area contributed by atoms with Gasteiger partial charge in [-0.25, -0.2) is 0 Å². The van der Waals surface area contributed by atoms with Crippen molar-refractivity contribution in [3.05, 3.63) is 5.69 Å². The minimum absolute atomic E-state index is 0.287. The monoisotopic (exact) mass is 282 g/mol. The number of aliphatic hydroxyl groups is 1. The molecule has 0 aromatic carbocycles. The summed E-state index contributed by atoms with van der Waals surface area (Å²) in [5.41, 5.74) is 7.14. The molecule has 1 saturated heterocycles. The molecular formula is C14H26N4O2. The summed E-state index contributed by atoms with van der Waals surface area (Å²) in [4.78, 5) is 2.00. The molecule has 1 aliphatic rings. The molecule has 20 heavy (non-hydrogen) atoms. The van der Waals surface area contributed by atoms with Gasteiger partial charge in [0.15, 0.2) is 0 Å². The number of anilines is 2. The molecule has 0 saturated carbocycles. The van der Waals surface area contributed by atoms with Crippen molar-refractivity contribution in [1.82, 2.24) is 9.78 Å². The van der Waals surface area contributed by atoms with Crippen molar-refractivity contribution in [2.24, 2.45) is 7.05 Å². The van der Waals surface area contributed by atoms with Crippen molar-refractivity contribution in [3.63, 3.8) is 0 Å². The summed E-state index contributed by atoms with van der Waals surface area (Å²) >= 11 is 0. The van der Waals surface area contributed by atoms with Crippen LogP contribution in [0.5, 0.6) is 0 Å². The van der Waals surface area contributed by atoms with Crippen LogP contribution in [0.3, 0.4) is 0 Å². The summed E-state index contributed by atoms with van der Waals surface area (Å²) in [6.07, 6.45) is 1.32. The Morgan fingerprint density at radius 3 is 2.55 bits per heavy atom. The maximum Gasteiger partial charge on any atom is 0.150 e. The van der Waals surface area contributed by atoms with E-state index in [1.807, 2.05) is 19.0 Å². The molecule has 6 heteroatoms. The maximum absolute atomic E-state index is 10.6. The third-order valence-electron chi connectivity index (χ3n) is 3.94. The van der Waals surface area contributed by atoms with Gasteiger partial charge in [0.05, 0.1) is 17.0 Å². The molecule has 3 N–H and O–H groups in total. The highest BCUT2D eigenvalue weighted by Crippen LogP contribution is 2.32. The molecule has 0 bridgehead atoms. The summed E-state index contributed by atoms with van der Waals surface area (Å²) in [7, 11) is 3.84. The Balaban J connectivity index is 2.18. The third-order valence-corrected chi connectivity index (χ3v) is 3.94. The van der Waals surface area contributed by atoms with Gasteiger partial charge in [0.2, 0.25) is 0 Å². The quantitative estimate of drug-likeness (QED) is 0.865. The van der Waals surface area contributed by atoms with Gasteiger partial charge in [-0.1, -0.05) is 13.8 Å². The lowest BCUT2D eigenvalue weighted by Gasteiger charge is -2.36. The normalized spacial score (nSPS) is 18.5. The van der Waals surface area contributed by atoms with E-state index in [4.69, 9.17) is 10.5 Å². The standard InChI is InChI=1S/C14H26N4O2/c1-10(2)12-11(15)13(18(4)16-12)17(3)9-14(19)5-7-20-8-6-14/h10,19H,5-9,15H2,1-4H3. The van der Waals surface area contributed by atoms with Gasteiger partial charge in [0.25, 0.3) is 0 Å². The van der Waals surface area contributed by atoms with Crippen LogP contribution in [-0.2, 0) is 11.8 Å². The van der Waals surface area contributed by atoms with Gasteiger partial charge >= 0.3 is 0 Å². The van der Waals surface area contributed by atoms with Crippen LogP contribution in [0, 0.1) is 0 Å². The Morgan fingerprint density at radius 1 is 1.45 bits per heavy atom. The van der Waals surface area contributed by atoms with Gasteiger partial charge in [0.1, 0.15) is 5.82 Å². The van der Waals surface area contributed by atoms with Crippen LogP contribution in [0.4, 0.5) is 11.5 Å². The topological polar surface area (TPSA) is 76.5 Å². The van der Waals surface area contributed by atoms with Gasteiger partial charge in [-0.15, -0.1) is 0 Å². The first-order valence-electron chi connectivity index (χ1n) is 7.18. The fourth-order valence-electron chi connectivity index (χ4n) is 2.86. The average Bonchev–Trinajstić information content (AvgIpc) is 2.65. The number of rotatable bonds is 4. The van der Waals surface area contributed by atoms with E-state index < -0.39 is 5.60 Å². The number of nitrogens with zero attached hydrogens (tertiary/aromatic N) is 3. The first kappa shape index (κ1) is 15.1. The van der Waals surface area contributed by atoms with Crippen LogP contribution in [0.25, 0.3) is 0 Å². The molecule has 0 spiro atoms. The zero-order chi connectivity index (χ0) is 14.9. The summed E-state index contributed by atoms with van der Waals surface area (Å²) < 4.78 is 7.11. The van der Waals surface area contributed by atoms with Gasteiger partial charge in [-0.2, -0.15) is 5.10 Å². The number of aryl methyl sites for hydroxylation is 1. The van der Waals surface area contributed by atoms with Gasteiger partial charge in [-0.3, -0.25) is 4.68 Å². The Hall–Kier alpha value is -1.27. The molecule has 2 rings (SSSR count). The second-order valence-electron chi connectivity index (χ2n) is 6.09. The average molecular weight is 282 g/mol. The largest absolute Gasteiger partial charge is 0.394 e. The van der Waals surface area contributed by atoms with E-state index in [1.54, 1.807) is 4.68 Å². The van der Waals surface area contributed by atoms with E-state index in [-0.39, 0.29) is 5.92 Å². The van der Waals surface area contributed by atoms with Crippen molar-refractivity contribution in [3.8, 4) is 0 Å². The van der Waals surface area contributed by atoms with Crippen LogP contribution >= 0.6 is 0 Å². The third kappa shape index (κ3) is 2.91. The van der Waals surface area contributed by atoms with Gasteiger partial charge in [-0.05, 0) is 5.92 Å². The molecular weight excluding hydrogens is 256 g/mol. The fraction of sp³-hybridized carbons (Fsp3) is 0.786. The predicted octanol–water partition coefficient (Wildman–Crippen LogP) is 1.10. The second kappa shape index (κ2) is 5.61. The van der Waals surface area contributed by atoms with Crippen molar-refractivity contribution in [2.75, 3.05) is 37.4 Å². The molecule has 0 amide bonds.